The number of hydrogen-bond acceptors (Lipinski definition) is 5. The van der Waals surface area contributed by atoms with Crippen molar-refractivity contribution < 1.29 is 14.3 Å². The van der Waals surface area contributed by atoms with Crippen LogP contribution in [0.3, 0.4) is 0 Å². The molecule has 3 rings (SSSR count). The van der Waals surface area contributed by atoms with Crippen molar-refractivity contribution in [3.8, 4) is 11.1 Å². The Kier molecular flexibility index (Phi) is 5.70. The Balaban J connectivity index is 1.87. The number of rotatable bonds is 6. The molecule has 0 aliphatic carbocycles. The molecule has 1 amide bonds. The Morgan fingerprint density at radius 2 is 2.08 bits per heavy atom. The highest BCUT2D eigenvalue weighted by Crippen LogP contribution is 2.36. The molecule has 0 bridgehead atoms. The summed E-state index contributed by atoms with van der Waals surface area (Å²) in [5.41, 5.74) is 1.97. The lowest BCUT2D eigenvalue weighted by Gasteiger charge is -2.09. The maximum atomic E-state index is 12.5. The van der Waals surface area contributed by atoms with E-state index < -0.39 is 5.97 Å². The van der Waals surface area contributed by atoms with E-state index in [1.54, 1.807) is 13.1 Å². The summed E-state index contributed by atoms with van der Waals surface area (Å²) < 4.78 is 6.60. The number of carbonyl (C=O) groups is 2. The van der Waals surface area contributed by atoms with Crippen molar-refractivity contribution in [3.05, 3.63) is 58.7 Å². The van der Waals surface area contributed by atoms with Gasteiger partial charge in [0.2, 0.25) is 5.91 Å². The maximum Gasteiger partial charge on any atom is 0.341 e. The summed E-state index contributed by atoms with van der Waals surface area (Å²) in [5, 5.41) is 9.48. The second-order valence-corrected chi connectivity index (χ2v) is 6.66. The number of nitrogens with zero attached hydrogens (tertiary/aromatic N) is 2. The Bertz CT molecular complexity index is 921. The quantitative estimate of drug-likeness (QED) is 0.644. The minimum Gasteiger partial charge on any atom is -0.462 e. The van der Waals surface area contributed by atoms with Crippen LogP contribution in [0.4, 0.5) is 5.00 Å². The van der Waals surface area contributed by atoms with Crippen LogP contribution in [-0.2, 0) is 16.1 Å². The smallest absolute Gasteiger partial charge is 0.341 e. The number of aromatic nitrogens is 2. The van der Waals surface area contributed by atoms with Crippen LogP contribution in [0.15, 0.2) is 48.1 Å². The third kappa shape index (κ3) is 4.12. The number of carbonyl (C=O) groups excluding carboxylic acids is 2. The Labute approximate surface area is 159 Å². The highest BCUT2D eigenvalue weighted by atomic mass is 35.5. The fourth-order valence-corrected chi connectivity index (χ4v) is 3.55. The van der Waals surface area contributed by atoms with Crippen molar-refractivity contribution in [1.82, 2.24) is 9.78 Å². The summed E-state index contributed by atoms with van der Waals surface area (Å²) in [6, 6.07) is 9.49. The molecular formula is C18H16ClN3O3S. The molecule has 2 heterocycles. The van der Waals surface area contributed by atoms with Crippen molar-refractivity contribution in [2.45, 2.75) is 13.5 Å². The Morgan fingerprint density at radius 3 is 2.73 bits per heavy atom. The zero-order chi connectivity index (χ0) is 18.5. The highest BCUT2D eigenvalue weighted by molar-refractivity contribution is 7.15. The molecule has 0 unspecified atom stereocenters. The normalized spacial score (nSPS) is 10.5. The average Bonchev–Trinajstić information content (AvgIpc) is 3.22. The van der Waals surface area contributed by atoms with Crippen molar-refractivity contribution in [1.29, 1.82) is 0 Å². The van der Waals surface area contributed by atoms with Gasteiger partial charge in [0.05, 0.1) is 17.8 Å². The van der Waals surface area contributed by atoms with E-state index in [-0.39, 0.29) is 19.1 Å². The zero-order valence-corrected chi connectivity index (χ0v) is 15.5. The molecular weight excluding hydrogens is 374 g/mol. The number of thiophene rings is 1. The van der Waals surface area contributed by atoms with Gasteiger partial charge < -0.3 is 10.1 Å². The van der Waals surface area contributed by atoms with E-state index in [2.05, 4.69) is 10.4 Å². The minimum absolute atomic E-state index is 0.00639. The summed E-state index contributed by atoms with van der Waals surface area (Å²) in [4.78, 5) is 24.8. The van der Waals surface area contributed by atoms with Gasteiger partial charge in [-0.1, -0.05) is 41.9 Å². The van der Waals surface area contributed by atoms with Gasteiger partial charge in [0.15, 0.2) is 0 Å². The van der Waals surface area contributed by atoms with Gasteiger partial charge in [-0.2, -0.15) is 5.10 Å². The van der Waals surface area contributed by atoms with Gasteiger partial charge in [0.25, 0.3) is 0 Å². The number of esters is 1. The van der Waals surface area contributed by atoms with Crippen LogP contribution >= 0.6 is 22.9 Å². The minimum atomic E-state index is -0.468. The fourth-order valence-electron chi connectivity index (χ4n) is 2.42. The van der Waals surface area contributed by atoms with Crippen LogP contribution in [0.2, 0.25) is 5.02 Å². The summed E-state index contributed by atoms with van der Waals surface area (Å²) in [7, 11) is 0. The van der Waals surface area contributed by atoms with Crippen molar-refractivity contribution >= 4 is 39.8 Å². The molecule has 3 aromatic rings. The lowest BCUT2D eigenvalue weighted by Crippen LogP contribution is -2.20. The lowest BCUT2D eigenvalue weighted by molar-refractivity contribution is -0.116. The number of nitrogens with one attached hydrogen (secondary N) is 1. The summed E-state index contributed by atoms with van der Waals surface area (Å²) >= 11 is 7.08. The van der Waals surface area contributed by atoms with E-state index in [1.807, 2.05) is 35.7 Å². The molecule has 1 N–H and O–H groups in total. The zero-order valence-electron chi connectivity index (χ0n) is 13.9. The maximum absolute atomic E-state index is 12.5. The summed E-state index contributed by atoms with van der Waals surface area (Å²) in [5.74, 6) is -0.776. The molecule has 0 saturated heterocycles. The SMILES string of the molecule is CCOC(=O)c1c(-c2ccccc2)csc1NC(=O)Cn1cc(Cl)cn1. The lowest BCUT2D eigenvalue weighted by atomic mass is 10.0. The number of halogens is 1. The molecule has 2 aromatic heterocycles. The molecule has 8 heteroatoms. The fraction of sp³-hybridized carbons (Fsp3) is 0.167. The molecule has 0 atom stereocenters. The number of ether oxygens (including phenoxy) is 1. The van der Waals surface area contributed by atoms with Gasteiger partial charge >= 0.3 is 5.97 Å². The molecule has 0 radical (unpaired) electrons. The molecule has 6 nitrogen and oxygen atoms in total. The first-order chi connectivity index (χ1) is 12.6. The van der Waals surface area contributed by atoms with Crippen LogP contribution < -0.4 is 5.32 Å². The van der Waals surface area contributed by atoms with E-state index in [9.17, 15) is 9.59 Å². The average molecular weight is 390 g/mol. The second kappa shape index (κ2) is 8.16. The third-order valence-electron chi connectivity index (χ3n) is 3.52. The monoisotopic (exact) mass is 389 g/mol. The van der Waals surface area contributed by atoms with Gasteiger partial charge in [-0.25, -0.2) is 4.79 Å². The van der Waals surface area contributed by atoms with E-state index in [4.69, 9.17) is 16.3 Å². The third-order valence-corrected chi connectivity index (χ3v) is 4.61. The van der Waals surface area contributed by atoms with Crippen LogP contribution in [-0.4, -0.2) is 28.3 Å². The van der Waals surface area contributed by atoms with Gasteiger partial charge in [0, 0.05) is 17.1 Å². The van der Waals surface area contributed by atoms with E-state index in [0.29, 0.717) is 15.6 Å². The molecule has 134 valence electrons. The molecule has 0 spiro atoms. The van der Waals surface area contributed by atoms with Gasteiger partial charge in [-0.15, -0.1) is 11.3 Å². The van der Waals surface area contributed by atoms with E-state index in [0.717, 1.165) is 11.1 Å². The van der Waals surface area contributed by atoms with Gasteiger partial charge in [-0.3, -0.25) is 9.48 Å². The van der Waals surface area contributed by atoms with Gasteiger partial charge in [0.1, 0.15) is 17.1 Å². The van der Waals surface area contributed by atoms with Crippen molar-refractivity contribution in [2.75, 3.05) is 11.9 Å². The van der Waals surface area contributed by atoms with Crippen molar-refractivity contribution in [3.63, 3.8) is 0 Å². The topological polar surface area (TPSA) is 73.2 Å². The van der Waals surface area contributed by atoms with Crippen molar-refractivity contribution in [2.24, 2.45) is 0 Å². The molecule has 1 aromatic carbocycles. The second-order valence-electron chi connectivity index (χ2n) is 5.34. The first-order valence-electron chi connectivity index (χ1n) is 7.90. The number of hydrogen-bond donors (Lipinski definition) is 1. The molecule has 0 aliphatic rings. The summed E-state index contributed by atoms with van der Waals surface area (Å²) in [6.45, 7) is 1.99. The van der Waals surface area contributed by atoms with Crippen LogP contribution in [0.25, 0.3) is 11.1 Å². The standard InChI is InChI=1S/C18H16ClN3O3S/c1-2-25-18(24)16-14(12-6-4-3-5-7-12)11-26-17(16)21-15(23)10-22-9-13(19)8-20-22/h3-9,11H,2,10H2,1H3,(H,21,23). The summed E-state index contributed by atoms with van der Waals surface area (Å²) in [6.07, 6.45) is 3.01. The first kappa shape index (κ1) is 18.2. The Hall–Kier alpha value is -2.64. The Morgan fingerprint density at radius 1 is 1.31 bits per heavy atom. The van der Waals surface area contributed by atoms with E-state index in [1.165, 1.54) is 22.2 Å². The molecule has 0 fully saturated rings. The molecule has 0 saturated carbocycles. The number of anilines is 1. The van der Waals surface area contributed by atoms with Crippen LogP contribution in [0.1, 0.15) is 17.3 Å². The predicted octanol–water partition coefficient (Wildman–Crippen LogP) is 4.08. The van der Waals surface area contributed by atoms with Gasteiger partial charge in [-0.05, 0) is 12.5 Å². The largest absolute Gasteiger partial charge is 0.462 e. The number of amides is 1. The molecule has 0 aliphatic heterocycles. The van der Waals surface area contributed by atoms with Crippen LogP contribution in [0, 0.1) is 0 Å². The first-order valence-corrected chi connectivity index (χ1v) is 9.16. The van der Waals surface area contributed by atoms with E-state index >= 15 is 0 Å². The highest BCUT2D eigenvalue weighted by Gasteiger charge is 2.22. The number of benzene rings is 1. The molecule has 26 heavy (non-hydrogen) atoms. The predicted molar refractivity (Wildman–Crippen MR) is 102 cm³/mol. The van der Waals surface area contributed by atoms with Crippen LogP contribution in [0.5, 0.6) is 0 Å².